The molecule has 0 N–H and O–H groups in total. The first-order chi connectivity index (χ1) is 12.1. The molecule has 3 heterocycles. The molecule has 6 nitrogen and oxygen atoms in total. The van der Waals surface area contributed by atoms with Crippen molar-refractivity contribution in [1.82, 2.24) is 19.1 Å². The fraction of sp³-hybridized carbons (Fsp3) is 0.118. The number of furan rings is 1. The van der Waals surface area contributed by atoms with E-state index in [0.717, 1.165) is 0 Å². The van der Waals surface area contributed by atoms with Crippen LogP contribution in [0.5, 0.6) is 0 Å². The Morgan fingerprint density at radius 3 is 2.72 bits per heavy atom. The Hall–Kier alpha value is -2.93. The van der Waals surface area contributed by atoms with Gasteiger partial charge in [-0.3, -0.25) is 9.13 Å². The maximum Gasteiger partial charge on any atom is 0.330 e. The monoisotopic (exact) mass is 358 g/mol. The molecule has 0 saturated carbocycles. The van der Waals surface area contributed by atoms with Crippen LogP contribution in [0.2, 0.25) is 5.28 Å². The molecule has 4 rings (SSSR count). The molecule has 8 heteroatoms. The van der Waals surface area contributed by atoms with Crippen LogP contribution in [0.3, 0.4) is 0 Å². The SMILES string of the molecule is Cn1c(=O)n(Cc2ccccc2F)c2nc(Cl)nc(-c3ccco3)c21. The van der Waals surface area contributed by atoms with Gasteiger partial charge in [-0.15, -0.1) is 0 Å². The molecule has 25 heavy (non-hydrogen) atoms. The van der Waals surface area contributed by atoms with Crippen molar-refractivity contribution in [2.75, 3.05) is 0 Å². The van der Waals surface area contributed by atoms with Crippen LogP contribution in [0.25, 0.3) is 22.6 Å². The summed E-state index contributed by atoms with van der Waals surface area (Å²) in [5.74, 6) is 0.0748. The lowest BCUT2D eigenvalue weighted by Gasteiger charge is -2.05. The van der Waals surface area contributed by atoms with E-state index >= 15 is 0 Å². The highest BCUT2D eigenvalue weighted by Gasteiger charge is 2.21. The summed E-state index contributed by atoms with van der Waals surface area (Å²) in [5.41, 5.74) is 1.24. The Kier molecular flexibility index (Phi) is 3.65. The molecule has 0 atom stereocenters. The van der Waals surface area contributed by atoms with Crippen molar-refractivity contribution in [2.24, 2.45) is 7.05 Å². The van der Waals surface area contributed by atoms with Gasteiger partial charge in [-0.05, 0) is 29.8 Å². The quantitative estimate of drug-likeness (QED) is 0.527. The van der Waals surface area contributed by atoms with Crippen LogP contribution in [-0.4, -0.2) is 19.1 Å². The Morgan fingerprint density at radius 1 is 1.20 bits per heavy atom. The Bertz CT molecular complexity index is 1130. The number of nitrogens with zero attached hydrogens (tertiary/aromatic N) is 4. The summed E-state index contributed by atoms with van der Waals surface area (Å²) in [6, 6.07) is 9.71. The number of halogens is 2. The van der Waals surface area contributed by atoms with Gasteiger partial charge >= 0.3 is 5.69 Å². The van der Waals surface area contributed by atoms with Crippen LogP contribution < -0.4 is 5.69 Å². The number of fused-ring (bicyclic) bond motifs is 1. The van der Waals surface area contributed by atoms with Crippen LogP contribution in [0.4, 0.5) is 4.39 Å². The summed E-state index contributed by atoms with van der Waals surface area (Å²) in [5, 5.41) is -0.0215. The molecule has 0 spiro atoms. The van der Waals surface area contributed by atoms with Crippen molar-refractivity contribution in [2.45, 2.75) is 6.54 Å². The Labute approximate surface area is 146 Å². The van der Waals surface area contributed by atoms with Crippen LogP contribution in [0.1, 0.15) is 5.56 Å². The highest BCUT2D eigenvalue weighted by Crippen LogP contribution is 2.27. The van der Waals surface area contributed by atoms with E-state index in [1.807, 2.05) is 0 Å². The molecule has 0 unspecified atom stereocenters. The largest absolute Gasteiger partial charge is 0.463 e. The third-order valence-corrected chi connectivity index (χ3v) is 4.16. The maximum atomic E-state index is 14.0. The number of hydrogen-bond donors (Lipinski definition) is 0. The molecule has 0 aliphatic carbocycles. The molecule has 0 fully saturated rings. The maximum absolute atomic E-state index is 14.0. The van der Waals surface area contributed by atoms with Gasteiger partial charge in [0.25, 0.3) is 0 Å². The van der Waals surface area contributed by atoms with E-state index in [1.54, 1.807) is 37.4 Å². The fourth-order valence-corrected chi connectivity index (χ4v) is 2.97. The van der Waals surface area contributed by atoms with Crippen molar-refractivity contribution in [3.8, 4) is 11.5 Å². The Morgan fingerprint density at radius 2 is 2.00 bits per heavy atom. The zero-order valence-corrected chi connectivity index (χ0v) is 13.9. The summed E-state index contributed by atoms with van der Waals surface area (Å²) in [6.45, 7) is 0.0355. The van der Waals surface area contributed by atoms with Gasteiger partial charge in [0.2, 0.25) is 5.28 Å². The number of benzene rings is 1. The topological polar surface area (TPSA) is 65.8 Å². The molecule has 1 aromatic carbocycles. The molecular weight excluding hydrogens is 347 g/mol. The van der Waals surface area contributed by atoms with Crippen molar-refractivity contribution in [1.29, 1.82) is 0 Å². The van der Waals surface area contributed by atoms with E-state index in [9.17, 15) is 9.18 Å². The number of hydrogen-bond acceptors (Lipinski definition) is 4. The van der Waals surface area contributed by atoms with E-state index in [0.29, 0.717) is 28.2 Å². The van der Waals surface area contributed by atoms with E-state index < -0.39 is 5.82 Å². The van der Waals surface area contributed by atoms with Gasteiger partial charge < -0.3 is 4.42 Å². The predicted molar refractivity (Wildman–Crippen MR) is 91.0 cm³/mol. The first-order valence-corrected chi connectivity index (χ1v) is 7.84. The second kappa shape index (κ2) is 5.86. The zero-order valence-electron chi connectivity index (χ0n) is 13.1. The first-order valence-electron chi connectivity index (χ1n) is 7.46. The molecule has 3 aromatic heterocycles. The summed E-state index contributed by atoms with van der Waals surface area (Å²) >= 11 is 6.05. The van der Waals surface area contributed by atoms with Gasteiger partial charge in [0, 0.05) is 12.6 Å². The van der Waals surface area contributed by atoms with E-state index in [1.165, 1.54) is 21.5 Å². The van der Waals surface area contributed by atoms with Crippen LogP contribution >= 0.6 is 11.6 Å². The highest BCUT2D eigenvalue weighted by atomic mass is 35.5. The second-order valence-corrected chi connectivity index (χ2v) is 5.85. The van der Waals surface area contributed by atoms with E-state index in [-0.39, 0.29) is 17.5 Å². The molecule has 0 saturated heterocycles. The highest BCUT2D eigenvalue weighted by molar-refractivity contribution is 6.28. The van der Waals surface area contributed by atoms with Gasteiger partial charge in [-0.25, -0.2) is 14.2 Å². The lowest BCUT2D eigenvalue weighted by atomic mass is 10.2. The summed E-state index contributed by atoms with van der Waals surface area (Å²) < 4.78 is 22.2. The summed E-state index contributed by atoms with van der Waals surface area (Å²) in [6.07, 6.45) is 1.51. The third-order valence-electron chi connectivity index (χ3n) is 3.99. The van der Waals surface area contributed by atoms with Crippen LogP contribution in [-0.2, 0) is 13.6 Å². The fourth-order valence-electron chi connectivity index (χ4n) is 2.81. The normalized spacial score (nSPS) is 11.3. The first kappa shape index (κ1) is 15.6. The molecule has 0 radical (unpaired) electrons. The molecule has 126 valence electrons. The number of aromatic nitrogens is 4. The Balaban J connectivity index is 1.99. The average Bonchev–Trinajstić information content (AvgIpc) is 3.20. The lowest BCUT2D eigenvalue weighted by molar-refractivity contribution is 0.580. The average molecular weight is 359 g/mol. The molecule has 0 aliphatic rings. The number of rotatable bonds is 3. The third kappa shape index (κ3) is 2.53. The van der Waals surface area contributed by atoms with E-state index in [4.69, 9.17) is 16.0 Å². The number of aryl methyl sites for hydroxylation is 1. The molecule has 0 bridgehead atoms. The second-order valence-electron chi connectivity index (χ2n) is 5.51. The summed E-state index contributed by atoms with van der Waals surface area (Å²) in [4.78, 5) is 21.1. The van der Waals surface area contributed by atoms with Crippen molar-refractivity contribution in [3.63, 3.8) is 0 Å². The predicted octanol–water partition coefficient (Wildman–Crippen LogP) is 3.23. The van der Waals surface area contributed by atoms with E-state index in [2.05, 4.69) is 9.97 Å². The van der Waals surface area contributed by atoms with Crippen molar-refractivity contribution in [3.05, 3.63) is 69.8 Å². The van der Waals surface area contributed by atoms with Crippen molar-refractivity contribution >= 4 is 22.8 Å². The van der Waals surface area contributed by atoms with Gasteiger partial charge in [0.05, 0.1) is 12.8 Å². The molecular formula is C17H12ClFN4O2. The lowest BCUT2D eigenvalue weighted by Crippen LogP contribution is -2.23. The van der Waals surface area contributed by atoms with Crippen molar-refractivity contribution < 1.29 is 8.81 Å². The molecule has 4 aromatic rings. The molecule has 0 amide bonds. The van der Waals surface area contributed by atoms with Crippen LogP contribution in [0.15, 0.2) is 51.9 Å². The minimum Gasteiger partial charge on any atom is -0.463 e. The number of imidazole rings is 1. The minimum absolute atomic E-state index is 0.0215. The van der Waals surface area contributed by atoms with Gasteiger partial charge in [-0.1, -0.05) is 18.2 Å². The molecule has 0 aliphatic heterocycles. The van der Waals surface area contributed by atoms with Gasteiger partial charge in [0.1, 0.15) is 17.0 Å². The smallest absolute Gasteiger partial charge is 0.330 e. The zero-order chi connectivity index (χ0) is 17.6. The van der Waals surface area contributed by atoms with Gasteiger partial charge in [0.15, 0.2) is 11.4 Å². The minimum atomic E-state index is -0.391. The standard InChI is InChI=1S/C17H12ClFN4O2/c1-22-14-13(12-7-4-8-25-12)20-16(18)21-15(14)23(17(22)24)9-10-5-2-3-6-11(10)19/h2-8H,9H2,1H3. The summed E-state index contributed by atoms with van der Waals surface area (Å²) in [7, 11) is 1.60. The van der Waals surface area contributed by atoms with Gasteiger partial charge in [-0.2, -0.15) is 4.98 Å². The van der Waals surface area contributed by atoms with Crippen LogP contribution in [0, 0.1) is 5.82 Å².